The third kappa shape index (κ3) is 5.47. The fourth-order valence-corrected chi connectivity index (χ4v) is 3.93. The maximum absolute atomic E-state index is 11.8. The van der Waals surface area contributed by atoms with E-state index in [9.17, 15) is 4.79 Å². The number of H-pyrrole nitrogens is 1. The number of hydrogen-bond acceptors (Lipinski definition) is 7. The molecule has 0 saturated heterocycles. The van der Waals surface area contributed by atoms with E-state index < -0.39 is 6.09 Å². The lowest BCUT2D eigenvalue weighted by atomic mass is 10.2. The largest absolute Gasteiger partial charge is 0.449 e. The number of fused-ring (bicyclic) bond motifs is 1. The number of anilines is 2. The van der Waals surface area contributed by atoms with Crippen LogP contribution in [-0.2, 0) is 4.74 Å². The minimum absolute atomic E-state index is 0.302. The molecule has 2 aromatic rings. The van der Waals surface area contributed by atoms with E-state index in [0.717, 1.165) is 33.0 Å². The Morgan fingerprint density at radius 1 is 1.35 bits per heavy atom. The van der Waals surface area contributed by atoms with Crippen molar-refractivity contribution in [2.45, 2.75) is 25.7 Å². The van der Waals surface area contributed by atoms with Gasteiger partial charge in [-0.3, -0.25) is 20.0 Å². The van der Waals surface area contributed by atoms with Crippen LogP contribution in [0, 0.1) is 12.8 Å². The summed E-state index contributed by atoms with van der Waals surface area (Å²) in [5.41, 5.74) is 1.69. The highest BCUT2D eigenvalue weighted by Gasteiger charge is 2.32. The Morgan fingerprint density at radius 2 is 2.16 bits per heavy atom. The van der Waals surface area contributed by atoms with Crippen molar-refractivity contribution < 1.29 is 14.4 Å². The van der Waals surface area contributed by atoms with E-state index in [2.05, 4.69) is 36.3 Å². The Kier molecular flexibility index (Phi) is 6.28. The average Bonchev–Trinajstić information content (AvgIpc) is 3.37. The van der Waals surface area contributed by atoms with Crippen LogP contribution in [0.3, 0.4) is 0 Å². The Bertz CT molecular complexity index is 1030. The molecule has 3 heterocycles. The molecule has 4 N–H and O–H groups in total. The van der Waals surface area contributed by atoms with Crippen molar-refractivity contribution in [2.75, 3.05) is 23.8 Å². The number of aromatic nitrogens is 2. The molecule has 0 bridgehead atoms. The topological polar surface area (TPSA) is 99.1 Å². The van der Waals surface area contributed by atoms with Gasteiger partial charge in [0.05, 0.1) is 19.0 Å². The zero-order valence-electron chi connectivity index (χ0n) is 17.7. The van der Waals surface area contributed by atoms with Gasteiger partial charge in [0.25, 0.3) is 0 Å². The molecule has 0 spiro atoms. The van der Waals surface area contributed by atoms with Gasteiger partial charge in [-0.05, 0) is 49.1 Å². The van der Waals surface area contributed by atoms with E-state index in [1.807, 2.05) is 63.5 Å². The summed E-state index contributed by atoms with van der Waals surface area (Å²) in [7, 11) is 0. The predicted octanol–water partition coefficient (Wildman–Crippen LogP) is 2.92. The van der Waals surface area contributed by atoms with Crippen molar-refractivity contribution in [2.24, 2.45) is 10.9 Å². The predicted molar refractivity (Wildman–Crippen MR) is 121 cm³/mol. The summed E-state index contributed by atoms with van der Waals surface area (Å²) in [6.07, 6.45) is 5.46. The average molecular weight is 441 g/mol. The lowest BCUT2D eigenvalue weighted by Crippen LogP contribution is -3.10. The van der Waals surface area contributed by atoms with Gasteiger partial charge in [0.15, 0.2) is 5.82 Å². The van der Waals surface area contributed by atoms with Crippen LogP contribution in [0.1, 0.15) is 19.5 Å². The Hall–Kier alpha value is -3.24. The molecule has 1 unspecified atom stereocenters. The Morgan fingerprint density at radius 3 is 2.87 bits per heavy atom. The number of rotatable bonds is 7. The molecular formula is C21H26N7O2S+. The molecule has 1 aromatic carbocycles. The van der Waals surface area contributed by atoms with Crippen molar-refractivity contribution in [3.63, 3.8) is 0 Å². The second-order valence-corrected chi connectivity index (χ2v) is 8.84. The Labute approximate surface area is 185 Å². The minimum atomic E-state index is -0.438. The van der Waals surface area contributed by atoms with E-state index in [1.54, 1.807) is 11.9 Å². The van der Waals surface area contributed by atoms with Gasteiger partial charge in [-0.15, -0.1) is 0 Å². The quantitative estimate of drug-likeness (QED) is 0.494. The van der Waals surface area contributed by atoms with E-state index in [-0.39, 0.29) is 0 Å². The molecule has 0 saturated carbocycles. The van der Waals surface area contributed by atoms with E-state index in [1.165, 1.54) is 0 Å². The number of hydrogen-bond donors (Lipinski definition) is 4. The van der Waals surface area contributed by atoms with E-state index in [0.29, 0.717) is 24.8 Å². The first kappa shape index (κ1) is 21.0. The first-order valence-electron chi connectivity index (χ1n) is 10.1. The summed E-state index contributed by atoms with van der Waals surface area (Å²) in [4.78, 5) is 18.4. The van der Waals surface area contributed by atoms with Crippen LogP contribution in [0.2, 0.25) is 0 Å². The van der Waals surface area contributed by atoms with Crippen molar-refractivity contribution in [1.82, 2.24) is 14.5 Å². The second-order valence-electron chi connectivity index (χ2n) is 7.72. The first-order valence-corrected chi connectivity index (χ1v) is 10.8. The molecule has 0 radical (unpaired) electrons. The summed E-state index contributed by atoms with van der Waals surface area (Å²) < 4.78 is 7.28. The lowest BCUT2D eigenvalue weighted by molar-refractivity contribution is -0.699. The maximum Gasteiger partial charge on any atom is 0.411 e. The summed E-state index contributed by atoms with van der Waals surface area (Å²) in [5.74, 6) is 3.03. The number of amides is 1. The number of nitrogens with one attached hydrogen (secondary N) is 4. The van der Waals surface area contributed by atoms with Crippen molar-refractivity contribution >= 4 is 35.4 Å². The van der Waals surface area contributed by atoms with Gasteiger partial charge < -0.3 is 4.74 Å². The van der Waals surface area contributed by atoms with Gasteiger partial charge in [-0.25, -0.2) is 14.7 Å². The van der Waals surface area contributed by atoms with Gasteiger partial charge in [0.2, 0.25) is 11.7 Å². The molecule has 1 aromatic heterocycles. The number of quaternary nitrogens is 1. The van der Waals surface area contributed by atoms with Crippen LogP contribution in [-0.4, -0.2) is 39.6 Å². The van der Waals surface area contributed by atoms with Crippen molar-refractivity contribution in [1.29, 1.82) is 0 Å². The third-order valence-electron chi connectivity index (χ3n) is 4.49. The van der Waals surface area contributed by atoms with Crippen LogP contribution in [0.5, 0.6) is 0 Å². The maximum atomic E-state index is 11.8. The summed E-state index contributed by atoms with van der Waals surface area (Å²) in [6, 6.07) is 9.62. The van der Waals surface area contributed by atoms with Crippen LogP contribution in [0.25, 0.3) is 0 Å². The fraction of sp³-hybridized carbons (Fsp3) is 0.286. The lowest BCUT2D eigenvalue weighted by Gasteiger charge is -2.27. The molecule has 2 aliphatic rings. The summed E-state index contributed by atoms with van der Waals surface area (Å²) in [6.45, 7) is 7.05. The molecule has 0 aliphatic carbocycles. The fourth-order valence-electron chi connectivity index (χ4n) is 3.05. The molecule has 4 rings (SSSR count). The van der Waals surface area contributed by atoms with E-state index >= 15 is 0 Å². The van der Waals surface area contributed by atoms with Crippen molar-refractivity contribution in [3.05, 3.63) is 60.4 Å². The number of aryl methyl sites for hydroxylation is 1. The molecule has 1 amide bonds. The number of aliphatic imine (C=N–C) groups is 1. The highest BCUT2D eigenvalue weighted by Crippen LogP contribution is 2.26. The van der Waals surface area contributed by atoms with Gasteiger partial charge >= 0.3 is 6.09 Å². The van der Waals surface area contributed by atoms with Gasteiger partial charge in [0, 0.05) is 22.3 Å². The monoisotopic (exact) mass is 440 g/mol. The van der Waals surface area contributed by atoms with Crippen LogP contribution in [0.15, 0.2) is 64.6 Å². The molecule has 1 atom stereocenters. The third-order valence-corrected chi connectivity index (χ3v) is 5.44. The highest BCUT2D eigenvalue weighted by molar-refractivity contribution is 7.97. The summed E-state index contributed by atoms with van der Waals surface area (Å²) >= 11 is 1.60. The molecule has 31 heavy (non-hydrogen) atoms. The SMILES string of the molecule is Cc1cc(NC2=CN(Sc3ccc(NC(=O)OCC(C)C)cc3)CC3=NC=C[NH+]23)n[nH]1. The van der Waals surface area contributed by atoms with E-state index in [4.69, 9.17) is 4.74 Å². The molecule has 0 fully saturated rings. The number of carbonyl (C=O) groups is 1. The van der Waals surface area contributed by atoms with Crippen LogP contribution >= 0.6 is 11.9 Å². The van der Waals surface area contributed by atoms with Gasteiger partial charge in [-0.2, -0.15) is 5.10 Å². The first-order chi connectivity index (χ1) is 15.0. The second kappa shape index (κ2) is 9.27. The normalized spacial score (nSPS) is 17.3. The number of carbonyl (C=O) groups excluding carboxylic acids is 1. The summed E-state index contributed by atoms with van der Waals surface area (Å²) in [5, 5.41) is 13.3. The molecular weight excluding hydrogens is 414 g/mol. The van der Waals surface area contributed by atoms with Gasteiger partial charge in [-0.1, -0.05) is 13.8 Å². The highest BCUT2D eigenvalue weighted by atomic mass is 32.2. The standard InChI is InChI=1S/C21H25N7O2S/c1-14(2)13-30-21(29)23-16-4-6-17(7-5-16)31-27-11-19-22-8-9-28(19)20(12-27)24-18-10-15(3)25-26-18/h4-10,12,14H,11,13H2,1-3H3,(H,23,29)(H2,24,25,26)/p+1. The number of benzene rings is 1. The number of ether oxygens (including phenoxy) is 1. The van der Waals surface area contributed by atoms with Crippen molar-refractivity contribution in [3.8, 4) is 0 Å². The number of aromatic amines is 1. The molecule has 9 nitrogen and oxygen atoms in total. The zero-order valence-corrected chi connectivity index (χ0v) is 18.5. The molecule has 162 valence electrons. The number of amidine groups is 1. The van der Waals surface area contributed by atoms with Gasteiger partial charge in [0.1, 0.15) is 12.7 Å². The Balaban J connectivity index is 1.40. The smallest absolute Gasteiger partial charge is 0.411 e. The number of nitrogens with zero attached hydrogens (tertiary/aromatic N) is 3. The minimum Gasteiger partial charge on any atom is -0.449 e. The molecule has 2 aliphatic heterocycles. The zero-order chi connectivity index (χ0) is 21.8. The van der Waals surface area contributed by atoms with Crippen LogP contribution in [0.4, 0.5) is 16.3 Å². The molecule has 10 heteroatoms. The van der Waals surface area contributed by atoms with Crippen LogP contribution < -0.4 is 15.5 Å².